The number of rotatable bonds is 3. The van der Waals surface area contributed by atoms with Crippen LogP contribution in [0.15, 0.2) is 46.1 Å². The normalized spacial score (nSPS) is 10.7. The van der Waals surface area contributed by atoms with Crippen molar-refractivity contribution in [2.75, 3.05) is 12.4 Å². The number of aromatic nitrogens is 3. The molecule has 25 heavy (non-hydrogen) atoms. The summed E-state index contributed by atoms with van der Waals surface area (Å²) in [5.74, 6) is 0.269. The lowest BCUT2D eigenvalue weighted by Crippen LogP contribution is -2.37. The molecule has 0 fully saturated rings. The molecule has 3 rings (SSSR count). The van der Waals surface area contributed by atoms with Gasteiger partial charge in [0.15, 0.2) is 0 Å². The molecular weight excluding hydrogens is 324 g/mol. The quantitative estimate of drug-likeness (QED) is 0.764. The summed E-state index contributed by atoms with van der Waals surface area (Å²) in [5, 5.41) is 2.92. The molecular formula is C17H16N4O4. The molecule has 1 amide bonds. The van der Waals surface area contributed by atoms with Gasteiger partial charge in [-0.2, -0.15) is 0 Å². The number of hydrogen-bond donors (Lipinski definition) is 1. The maximum absolute atomic E-state index is 12.4. The van der Waals surface area contributed by atoms with Gasteiger partial charge in [-0.15, -0.1) is 0 Å². The Hall–Kier alpha value is -3.42. The van der Waals surface area contributed by atoms with E-state index in [9.17, 15) is 14.4 Å². The number of methoxy groups -OCH3 is 1. The topological polar surface area (TPSA) is 95.2 Å². The summed E-state index contributed by atoms with van der Waals surface area (Å²) < 4.78 is 7.31. The predicted molar refractivity (Wildman–Crippen MR) is 93.2 cm³/mol. The summed E-state index contributed by atoms with van der Waals surface area (Å²) in [6.45, 7) is 0. The van der Waals surface area contributed by atoms with Gasteiger partial charge in [-0.25, -0.2) is 9.78 Å². The Morgan fingerprint density at radius 3 is 2.44 bits per heavy atom. The average molecular weight is 340 g/mol. The zero-order valence-corrected chi connectivity index (χ0v) is 13.9. The highest BCUT2D eigenvalue weighted by molar-refractivity contribution is 6.05. The number of carbonyl (C=O) groups excluding carboxylic acids is 1. The van der Waals surface area contributed by atoms with Crippen LogP contribution in [0.3, 0.4) is 0 Å². The van der Waals surface area contributed by atoms with E-state index in [2.05, 4.69) is 10.3 Å². The molecule has 128 valence electrons. The van der Waals surface area contributed by atoms with Crippen LogP contribution >= 0.6 is 0 Å². The van der Waals surface area contributed by atoms with Gasteiger partial charge in [-0.3, -0.25) is 18.7 Å². The van der Waals surface area contributed by atoms with E-state index in [0.717, 1.165) is 4.57 Å². The minimum absolute atomic E-state index is 0.201. The lowest BCUT2D eigenvalue weighted by molar-refractivity contribution is 0.102. The summed E-state index contributed by atoms with van der Waals surface area (Å²) in [6.07, 6.45) is 1.33. The average Bonchev–Trinajstić information content (AvgIpc) is 2.64. The molecule has 0 saturated heterocycles. The van der Waals surface area contributed by atoms with Crippen molar-refractivity contribution in [2.24, 2.45) is 14.1 Å². The molecule has 0 spiro atoms. The Kier molecular flexibility index (Phi) is 4.10. The van der Waals surface area contributed by atoms with E-state index in [0.29, 0.717) is 11.4 Å². The summed E-state index contributed by atoms with van der Waals surface area (Å²) in [4.78, 5) is 40.7. The van der Waals surface area contributed by atoms with Crippen molar-refractivity contribution in [2.45, 2.75) is 0 Å². The molecule has 8 heteroatoms. The fourth-order valence-electron chi connectivity index (χ4n) is 2.47. The number of fused-ring (bicyclic) bond motifs is 1. The van der Waals surface area contributed by atoms with Gasteiger partial charge in [-0.1, -0.05) is 0 Å². The first-order valence-electron chi connectivity index (χ1n) is 7.43. The first-order chi connectivity index (χ1) is 11.9. The minimum atomic E-state index is -0.496. The van der Waals surface area contributed by atoms with Crippen LogP contribution in [0.25, 0.3) is 11.0 Å². The monoisotopic (exact) mass is 340 g/mol. The van der Waals surface area contributed by atoms with Crippen LogP contribution < -0.4 is 21.3 Å². The smallest absolute Gasteiger partial charge is 0.332 e. The number of amides is 1. The van der Waals surface area contributed by atoms with Crippen LogP contribution in [0.4, 0.5) is 5.69 Å². The largest absolute Gasteiger partial charge is 0.497 e. The number of nitrogens with zero attached hydrogens (tertiary/aromatic N) is 3. The third-order valence-corrected chi connectivity index (χ3v) is 3.90. The fourth-order valence-corrected chi connectivity index (χ4v) is 2.47. The molecule has 1 N–H and O–H groups in total. The van der Waals surface area contributed by atoms with Crippen molar-refractivity contribution in [1.82, 2.24) is 14.1 Å². The number of nitrogens with one attached hydrogen (secondary N) is 1. The number of ether oxygens (including phenoxy) is 1. The molecule has 2 aromatic heterocycles. The number of hydrogen-bond acceptors (Lipinski definition) is 5. The third-order valence-electron chi connectivity index (χ3n) is 3.90. The van der Waals surface area contributed by atoms with Gasteiger partial charge in [0, 0.05) is 26.0 Å². The van der Waals surface area contributed by atoms with Crippen LogP contribution in [-0.2, 0) is 14.1 Å². The van der Waals surface area contributed by atoms with E-state index in [-0.39, 0.29) is 16.6 Å². The van der Waals surface area contributed by atoms with Crippen molar-refractivity contribution in [3.63, 3.8) is 0 Å². The zero-order chi connectivity index (χ0) is 18.1. The van der Waals surface area contributed by atoms with E-state index >= 15 is 0 Å². The SMILES string of the molecule is COc1ccc(NC(=O)c2cnc3c(c2)c(=O)n(C)c(=O)n3C)cc1. The van der Waals surface area contributed by atoms with E-state index in [1.54, 1.807) is 31.4 Å². The van der Waals surface area contributed by atoms with Gasteiger partial charge in [0.1, 0.15) is 11.4 Å². The van der Waals surface area contributed by atoms with E-state index in [1.165, 1.54) is 30.9 Å². The fraction of sp³-hybridized carbons (Fsp3) is 0.176. The molecule has 0 aliphatic rings. The Morgan fingerprint density at radius 2 is 1.80 bits per heavy atom. The van der Waals surface area contributed by atoms with Crippen molar-refractivity contribution in [3.05, 3.63) is 62.9 Å². The lowest BCUT2D eigenvalue weighted by atomic mass is 10.2. The van der Waals surface area contributed by atoms with Crippen LogP contribution in [0, 0.1) is 0 Å². The third kappa shape index (κ3) is 2.89. The highest BCUT2D eigenvalue weighted by atomic mass is 16.5. The Labute approximate surface area is 142 Å². The van der Waals surface area contributed by atoms with Crippen molar-refractivity contribution in [1.29, 1.82) is 0 Å². The second-order valence-corrected chi connectivity index (χ2v) is 5.48. The van der Waals surface area contributed by atoms with Crippen molar-refractivity contribution < 1.29 is 9.53 Å². The molecule has 0 aliphatic carbocycles. The van der Waals surface area contributed by atoms with Gasteiger partial charge in [0.05, 0.1) is 18.1 Å². The van der Waals surface area contributed by atoms with Gasteiger partial charge < -0.3 is 10.1 Å². The second-order valence-electron chi connectivity index (χ2n) is 5.48. The summed E-state index contributed by atoms with van der Waals surface area (Å²) in [6, 6.07) is 8.28. The van der Waals surface area contributed by atoms with Crippen LogP contribution in [-0.4, -0.2) is 27.1 Å². The van der Waals surface area contributed by atoms with E-state index in [1.807, 2.05) is 0 Å². The van der Waals surface area contributed by atoms with E-state index < -0.39 is 17.2 Å². The highest BCUT2D eigenvalue weighted by Gasteiger charge is 2.13. The molecule has 0 unspecified atom stereocenters. The van der Waals surface area contributed by atoms with Crippen molar-refractivity contribution >= 4 is 22.6 Å². The van der Waals surface area contributed by atoms with Gasteiger partial charge in [-0.05, 0) is 30.3 Å². The standard InChI is InChI=1S/C17H16N4O4/c1-20-14-13(16(23)21(2)17(20)24)8-10(9-18-14)15(22)19-11-4-6-12(25-3)7-5-11/h4-9H,1-3H3,(H,19,22). The van der Waals surface area contributed by atoms with Crippen LogP contribution in [0.1, 0.15) is 10.4 Å². The summed E-state index contributed by atoms with van der Waals surface area (Å²) in [5.41, 5.74) is 0.0672. The Bertz CT molecular complexity index is 1080. The predicted octanol–water partition coefficient (Wildman–Crippen LogP) is 0.893. The van der Waals surface area contributed by atoms with Gasteiger partial charge in [0.25, 0.3) is 11.5 Å². The minimum Gasteiger partial charge on any atom is -0.497 e. The maximum Gasteiger partial charge on any atom is 0.332 e. The first-order valence-corrected chi connectivity index (χ1v) is 7.43. The molecule has 0 radical (unpaired) electrons. The second kappa shape index (κ2) is 6.23. The van der Waals surface area contributed by atoms with Crippen LogP contribution in [0.5, 0.6) is 5.75 Å². The van der Waals surface area contributed by atoms with Crippen molar-refractivity contribution in [3.8, 4) is 5.75 Å². The number of carbonyl (C=O) groups is 1. The summed E-state index contributed by atoms with van der Waals surface area (Å²) >= 11 is 0. The number of pyridine rings is 1. The number of anilines is 1. The first kappa shape index (κ1) is 16.4. The Balaban J connectivity index is 1.99. The Morgan fingerprint density at radius 1 is 1.12 bits per heavy atom. The molecule has 0 saturated carbocycles. The molecule has 1 aromatic carbocycles. The summed E-state index contributed by atoms with van der Waals surface area (Å²) in [7, 11) is 4.46. The maximum atomic E-state index is 12.4. The van der Waals surface area contributed by atoms with E-state index in [4.69, 9.17) is 4.74 Å². The van der Waals surface area contributed by atoms with Crippen LogP contribution in [0.2, 0.25) is 0 Å². The number of benzene rings is 1. The number of aryl methyl sites for hydroxylation is 1. The molecule has 2 heterocycles. The molecule has 0 aliphatic heterocycles. The van der Waals surface area contributed by atoms with Gasteiger partial charge >= 0.3 is 5.69 Å². The molecule has 0 atom stereocenters. The highest BCUT2D eigenvalue weighted by Crippen LogP contribution is 2.16. The van der Waals surface area contributed by atoms with Gasteiger partial charge in [0.2, 0.25) is 0 Å². The molecule has 0 bridgehead atoms. The lowest BCUT2D eigenvalue weighted by Gasteiger charge is -2.09. The molecule has 3 aromatic rings. The molecule has 8 nitrogen and oxygen atoms in total. The zero-order valence-electron chi connectivity index (χ0n) is 13.9.